The van der Waals surface area contributed by atoms with Gasteiger partial charge in [-0.2, -0.15) is 0 Å². The normalized spacial score (nSPS) is 12.0. The number of unbranched alkanes of at least 4 members (excludes halogenated alkanes) is 16. The Labute approximate surface area is 187 Å². The predicted molar refractivity (Wildman–Crippen MR) is 136 cm³/mol. The third-order valence-electron chi connectivity index (χ3n) is 7.15. The van der Waals surface area contributed by atoms with Crippen LogP contribution in [-0.2, 0) is 0 Å². The molecular formula is C29H60. The van der Waals surface area contributed by atoms with E-state index >= 15 is 0 Å². The molecule has 0 radical (unpaired) electrons. The lowest BCUT2D eigenvalue weighted by atomic mass is 9.72. The van der Waals surface area contributed by atoms with Crippen LogP contribution in [0.3, 0.4) is 0 Å². The Bertz CT molecular complexity index is 275. The zero-order valence-electron chi connectivity index (χ0n) is 21.5. The third-order valence-corrected chi connectivity index (χ3v) is 7.15. The van der Waals surface area contributed by atoms with Gasteiger partial charge < -0.3 is 0 Å². The molecule has 29 heavy (non-hydrogen) atoms. The Morgan fingerprint density at radius 2 is 0.552 bits per heavy atom. The van der Waals surface area contributed by atoms with E-state index in [1.54, 1.807) is 0 Å². The summed E-state index contributed by atoms with van der Waals surface area (Å²) >= 11 is 0. The molecule has 0 spiro atoms. The van der Waals surface area contributed by atoms with E-state index in [9.17, 15) is 0 Å². The molecule has 0 heterocycles. The standard InChI is InChI=1S/C29H60/c1-5-9-10-11-12-13-14-15-16-17-18-19-20-21-22-23-24-28-29(25-6-2,26-7-3)27-8-4/h5-28H2,1-4H3. The quantitative estimate of drug-likeness (QED) is 0.139. The second-order valence-electron chi connectivity index (χ2n) is 10.2. The molecule has 0 N–H and O–H groups in total. The molecule has 0 aliphatic rings. The van der Waals surface area contributed by atoms with Crippen LogP contribution in [0.25, 0.3) is 0 Å². The van der Waals surface area contributed by atoms with Crippen molar-refractivity contribution in [2.24, 2.45) is 5.41 Å². The van der Waals surface area contributed by atoms with Gasteiger partial charge in [0.15, 0.2) is 0 Å². The molecule has 0 aliphatic carbocycles. The first-order chi connectivity index (χ1) is 14.2. The molecule has 0 nitrogen and oxygen atoms in total. The van der Waals surface area contributed by atoms with E-state index in [1.165, 1.54) is 154 Å². The van der Waals surface area contributed by atoms with Gasteiger partial charge in [-0.05, 0) is 31.1 Å². The molecule has 0 bridgehead atoms. The minimum atomic E-state index is 0.688. The summed E-state index contributed by atoms with van der Waals surface area (Å²) in [6.45, 7) is 9.46. The first-order valence-electron chi connectivity index (χ1n) is 14.2. The molecule has 0 aromatic rings. The summed E-state index contributed by atoms with van der Waals surface area (Å²) in [6.07, 6.45) is 35.1. The first-order valence-corrected chi connectivity index (χ1v) is 14.2. The van der Waals surface area contributed by atoms with Crippen LogP contribution in [0, 0.1) is 5.41 Å². The van der Waals surface area contributed by atoms with E-state index in [-0.39, 0.29) is 0 Å². The molecule has 0 saturated carbocycles. The van der Waals surface area contributed by atoms with Gasteiger partial charge in [-0.3, -0.25) is 0 Å². The second kappa shape index (κ2) is 22.7. The predicted octanol–water partition coefficient (Wildman–Crippen LogP) is 11.4. The average molecular weight is 409 g/mol. The Hall–Kier alpha value is 0. The molecule has 0 unspecified atom stereocenters. The maximum absolute atomic E-state index is 2.38. The maximum atomic E-state index is 2.38. The van der Waals surface area contributed by atoms with Gasteiger partial charge in [-0.15, -0.1) is 0 Å². The fourth-order valence-electron chi connectivity index (χ4n) is 5.57. The summed E-state index contributed by atoms with van der Waals surface area (Å²) < 4.78 is 0. The summed E-state index contributed by atoms with van der Waals surface area (Å²) in [5.41, 5.74) is 0.688. The fourth-order valence-corrected chi connectivity index (χ4v) is 5.57. The van der Waals surface area contributed by atoms with E-state index in [0.717, 1.165) is 0 Å². The molecule has 176 valence electrons. The molecule has 0 aromatic carbocycles. The number of hydrogen-bond acceptors (Lipinski definition) is 0. The van der Waals surface area contributed by atoms with Crippen LogP contribution in [0.2, 0.25) is 0 Å². The lowest BCUT2D eigenvalue weighted by molar-refractivity contribution is 0.185. The maximum Gasteiger partial charge on any atom is -0.0298 e. The summed E-state index contributed by atoms with van der Waals surface area (Å²) in [5, 5.41) is 0. The molecule has 0 amide bonds. The smallest absolute Gasteiger partial charge is 0.0298 e. The molecule has 0 heteroatoms. The van der Waals surface area contributed by atoms with Crippen molar-refractivity contribution in [2.45, 2.75) is 182 Å². The lowest BCUT2D eigenvalue weighted by Gasteiger charge is -2.34. The van der Waals surface area contributed by atoms with Gasteiger partial charge in [0, 0.05) is 0 Å². The van der Waals surface area contributed by atoms with E-state index in [2.05, 4.69) is 27.7 Å². The summed E-state index contributed by atoms with van der Waals surface area (Å²) in [4.78, 5) is 0. The van der Waals surface area contributed by atoms with Gasteiger partial charge in [0.05, 0.1) is 0 Å². The van der Waals surface area contributed by atoms with Crippen LogP contribution in [0.4, 0.5) is 0 Å². The van der Waals surface area contributed by atoms with Crippen LogP contribution >= 0.6 is 0 Å². The lowest BCUT2D eigenvalue weighted by Crippen LogP contribution is -2.20. The van der Waals surface area contributed by atoms with Crippen molar-refractivity contribution >= 4 is 0 Å². The summed E-state index contributed by atoms with van der Waals surface area (Å²) in [5.74, 6) is 0. The largest absolute Gasteiger partial charge is 0.0654 e. The zero-order chi connectivity index (χ0) is 21.5. The second-order valence-corrected chi connectivity index (χ2v) is 10.2. The SMILES string of the molecule is CCCCCCCCCCCCCCCCCCCC(CCC)(CCC)CCC. The fraction of sp³-hybridized carbons (Fsp3) is 1.00. The first kappa shape index (κ1) is 29.0. The topological polar surface area (TPSA) is 0 Å². The van der Waals surface area contributed by atoms with E-state index < -0.39 is 0 Å². The molecule has 0 saturated heterocycles. The Morgan fingerprint density at radius 3 is 0.828 bits per heavy atom. The summed E-state index contributed by atoms with van der Waals surface area (Å²) in [6, 6.07) is 0. The van der Waals surface area contributed by atoms with Crippen LogP contribution in [0.1, 0.15) is 182 Å². The van der Waals surface area contributed by atoms with Gasteiger partial charge in [-0.25, -0.2) is 0 Å². The van der Waals surface area contributed by atoms with E-state index in [4.69, 9.17) is 0 Å². The van der Waals surface area contributed by atoms with Crippen molar-refractivity contribution in [3.05, 3.63) is 0 Å². The van der Waals surface area contributed by atoms with Crippen molar-refractivity contribution in [1.82, 2.24) is 0 Å². The number of hydrogen-bond donors (Lipinski definition) is 0. The molecular weight excluding hydrogens is 348 g/mol. The minimum Gasteiger partial charge on any atom is -0.0654 e. The summed E-state index contributed by atoms with van der Waals surface area (Å²) in [7, 11) is 0. The van der Waals surface area contributed by atoms with Crippen molar-refractivity contribution in [1.29, 1.82) is 0 Å². The van der Waals surface area contributed by atoms with Crippen LogP contribution < -0.4 is 0 Å². The van der Waals surface area contributed by atoms with Crippen molar-refractivity contribution in [3.8, 4) is 0 Å². The minimum absolute atomic E-state index is 0.688. The third kappa shape index (κ3) is 18.5. The van der Waals surface area contributed by atoms with Crippen molar-refractivity contribution < 1.29 is 0 Å². The van der Waals surface area contributed by atoms with E-state index in [1.807, 2.05) is 0 Å². The van der Waals surface area contributed by atoms with Gasteiger partial charge in [0.25, 0.3) is 0 Å². The average Bonchev–Trinajstić information content (AvgIpc) is 2.71. The Morgan fingerprint density at radius 1 is 0.276 bits per heavy atom. The van der Waals surface area contributed by atoms with Crippen molar-refractivity contribution in [2.75, 3.05) is 0 Å². The number of rotatable bonds is 24. The van der Waals surface area contributed by atoms with Crippen LogP contribution in [0.15, 0.2) is 0 Å². The van der Waals surface area contributed by atoms with Gasteiger partial charge in [-0.1, -0.05) is 156 Å². The molecule has 0 aliphatic heterocycles. The highest BCUT2D eigenvalue weighted by molar-refractivity contribution is 4.78. The van der Waals surface area contributed by atoms with Gasteiger partial charge >= 0.3 is 0 Å². The highest BCUT2D eigenvalue weighted by Crippen LogP contribution is 2.40. The molecule has 0 rings (SSSR count). The van der Waals surface area contributed by atoms with Crippen molar-refractivity contribution in [3.63, 3.8) is 0 Å². The molecule has 0 atom stereocenters. The van der Waals surface area contributed by atoms with E-state index in [0.29, 0.717) is 5.41 Å². The Balaban J connectivity index is 3.43. The highest BCUT2D eigenvalue weighted by Gasteiger charge is 2.26. The Kier molecular flexibility index (Phi) is 22.7. The monoisotopic (exact) mass is 408 g/mol. The molecule has 0 fully saturated rings. The molecule has 0 aromatic heterocycles. The van der Waals surface area contributed by atoms with Gasteiger partial charge in [0.1, 0.15) is 0 Å². The van der Waals surface area contributed by atoms with Gasteiger partial charge in [0.2, 0.25) is 0 Å². The van der Waals surface area contributed by atoms with Crippen LogP contribution in [-0.4, -0.2) is 0 Å². The van der Waals surface area contributed by atoms with Crippen LogP contribution in [0.5, 0.6) is 0 Å². The zero-order valence-corrected chi connectivity index (χ0v) is 21.5. The highest BCUT2D eigenvalue weighted by atomic mass is 14.3.